The van der Waals surface area contributed by atoms with E-state index in [1.165, 1.54) is 70.4 Å². The van der Waals surface area contributed by atoms with Crippen LogP contribution >= 0.6 is 34.0 Å². The Labute approximate surface area is 569 Å². The SMILES string of the molecule is CCCCN(C(=O)c1ccc(-c2ccccc2)cc1)c1nnc(-c2ccc(S(N)(=O)=O)cc2)s1.CCCCN(C(=O)c1ccc2ccccc2c1)c1nnc(-c2ccc(S(N)(=O)=O)cc2)s1.CCCCN(C(=O)c1cccc(OC)c1)c1nnc(-c2ccc(S(N)(=O)=O)cc2)s1. The number of anilines is 3. The van der Waals surface area contributed by atoms with Crippen LogP contribution in [0.4, 0.5) is 15.4 Å². The van der Waals surface area contributed by atoms with E-state index < -0.39 is 30.1 Å². The molecular formula is C68H68N12O10S6. The van der Waals surface area contributed by atoms with Gasteiger partial charge in [0.1, 0.15) is 20.8 Å². The molecule has 0 fully saturated rings. The zero-order chi connectivity index (χ0) is 68.6. The number of amides is 3. The van der Waals surface area contributed by atoms with Gasteiger partial charge in [-0.1, -0.05) is 189 Å². The van der Waals surface area contributed by atoms with Crippen LogP contribution in [0.2, 0.25) is 0 Å². The van der Waals surface area contributed by atoms with Gasteiger partial charge < -0.3 is 4.74 Å². The Morgan fingerprint density at radius 2 is 0.719 bits per heavy atom. The van der Waals surface area contributed by atoms with Crippen molar-refractivity contribution in [1.29, 1.82) is 0 Å². The Kier molecular flexibility index (Phi) is 23.9. The van der Waals surface area contributed by atoms with E-state index in [1.807, 2.05) is 104 Å². The first-order valence-corrected chi connectivity index (χ1v) is 37.3. The van der Waals surface area contributed by atoms with Gasteiger partial charge in [0, 0.05) is 53.0 Å². The van der Waals surface area contributed by atoms with Crippen LogP contribution in [-0.2, 0) is 30.1 Å². The first-order valence-electron chi connectivity index (χ1n) is 30.2. The molecule has 0 atom stereocenters. The Morgan fingerprint density at radius 3 is 1.10 bits per heavy atom. The topological polar surface area (TPSA) is 328 Å². The number of aromatic nitrogens is 6. The number of benzene rings is 8. The number of nitrogens with two attached hydrogens (primary N) is 3. The molecule has 496 valence electrons. The van der Waals surface area contributed by atoms with Gasteiger partial charge in [0.25, 0.3) is 17.7 Å². The summed E-state index contributed by atoms with van der Waals surface area (Å²) in [6.07, 6.45) is 5.25. The smallest absolute Gasteiger partial charge is 0.260 e. The van der Waals surface area contributed by atoms with E-state index in [1.54, 1.807) is 82.5 Å². The highest BCUT2D eigenvalue weighted by molar-refractivity contribution is 7.89. The van der Waals surface area contributed by atoms with Crippen molar-refractivity contribution in [3.63, 3.8) is 0 Å². The largest absolute Gasteiger partial charge is 0.497 e. The lowest BCUT2D eigenvalue weighted by atomic mass is 10.0. The normalized spacial score (nSPS) is 11.4. The van der Waals surface area contributed by atoms with Crippen LogP contribution in [0.1, 0.15) is 90.4 Å². The Hall–Kier alpha value is -9.36. The molecule has 0 aliphatic rings. The molecule has 0 unspecified atom stereocenters. The standard InChI is InChI=1S/C25H24N4O3S2.C23H22N4O3S2.C20H22N4O4S2/c1-2-3-17-29(24(30)21-11-9-19(10-12-21)18-7-5-4-6-8-18)25-28-27-23(33-25)20-13-15-22(16-14-20)34(26,31)32;1-2-3-14-27(22(28)19-9-8-16-6-4-5-7-18(16)15-19)23-26-25-21(31-23)17-10-12-20(13-11-17)32(24,29)30;1-3-4-12-24(19(25)15-6-5-7-16(13-15)28-2)20-23-22-18(29-20)14-8-10-17(11-9-14)30(21,26)27/h4-16H,2-3,17H2,1H3,(H2,26,31,32);4-13,15H,2-3,14H2,1H3,(H2,24,29,30);5-11,13H,3-4,12H2,1-2H3,(H2,21,26,27). The third-order valence-electron chi connectivity index (χ3n) is 14.7. The molecule has 96 heavy (non-hydrogen) atoms. The van der Waals surface area contributed by atoms with Crippen LogP contribution in [0.5, 0.6) is 5.75 Å². The molecular weight excluding hydrogens is 1340 g/mol. The highest BCUT2D eigenvalue weighted by atomic mass is 32.2. The Morgan fingerprint density at radius 1 is 0.375 bits per heavy atom. The summed E-state index contributed by atoms with van der Waals surface area (Å²) in [4.78, 5) is 44.9. The summed E-state index contributed by atoms with van der Waals surface area (Å²) in [7, 11) is -9.74. The summed E-state index contributed by atoms with van der Waals surface area (Å²) in [5, 5.41) is 46.1. The molecule has 3 aromatic heterocycles. The van der Waals surface area contributed by atoms with E-state index in [-0.39, 0.29) is 32.4 Å². The van der Waals surface area contributed by atoms with Crippen molar-refractivity contribution in [3.05, 3.63) is 211 Å². The van der Waals surface area contributed by atoms with Crippen molar-refractivity contribution in [2.75, 3.05) is 41.4 Å². The zero-order valence-electron chi connectivity index (χ0n) is 52.6. The zero-order valence-corrected chi connectivity index (χ0v) is 57.5. The molecule has 22 nitrogen and oxygen atoms in total. The fourth-order valence-corrected chi connectivity index (χ4v) is 13.6. The van der Waals surface area contributed by atoms with Gasteiger partial charge in [-0.15, -0.1) is 30.6 Å². The molecule has 11 aromatic rings. The summed E-state index contributed by atoms with van der Waals surface area (Å²) >= 11 is 3.83. The molecule has 8 aromatic carbocycles. The summed E-state index contributed by atoms with van der Waals surface area (Å²) in [6, 6.07) is 56.4. The summed E-state index contributed by atoms with van der Waals surface area (Å²) in [6.45, 7) is 7.74. The summed E-state index contributed by atoms with van der Waals surface area (Å²) in [5.74, 6) is 0.149. The van der Waals surface area contributed by atoms with E-state index in [0.717, 1.165) is 60.4 Å². The number of rotatable bonds is 23. The van der Waals surface area contributed by atoms with E-state index in [4.69, 9.17) is 20.2 Å². The van der Waals surface area contributed by atoms with Crippen LogP contribution in [-0.4, -0.2) is 100 Å². The minimum Gasteiger partial charge on any atom is -0.497 e. The Bertz CT molecular complexity index is 4830. The molecule has 0 aliphatic carbocycles. The molecule has 0 radical (unpaired) electrons. The van der Waals surface area contributed by atoms with Gasteiger partial charge in [-0.2, -0.15) is 0 Å². The van der Waals surface area contributed by atoms with E-state index in [2.05, 4.69) is 44.4 Å². The van der Waals surface area contributed by atoms with Crippen LogP contribution in [0.25, 0.3) is 53.6 Å². The lowest BCUT2D eigenvalue weighted by Crippen LogP contribution is -2.31. The second-order valence-corrected chi connectivity index (χ2v) is 29.1. The molecule has 3 heterocycles. The van der Waals surface area contributed by atoms with E-state index >= 15 is 0 Å². The minimum atomic E-state index is -3.77. The average molecular weight is 1410 g/mol. The van der Waals surface area contributed by atoms with E-state index in [9.17, 15) is 39.6 Å². The number of carbonyl (C=O) groups excluding carboxylic acids is 3. The number of sulfonamides is 3. The summed E-state index contributed by atoms with van der Waals surface area (Å²) in [5.41, 5.74) is 5.89. The highest BCUT2D eigenvalue weighted by Crippen LogP contribution is 2.35. The number of carbonyl (C=O) groups is 3. The van der Waals surface area contributed by atoms with Crippen LogP contribution in [0.15, 0.2) is 209 Å². The van der Waals surface area contributed by atoms with Crippen molar-refractivity contribution in [2.24, 2.45) is 15.4 Å². The number of nitrogens with zero attached hydrogens (tertiary/aromatic N) is 9. The number of hydrogen-bond acceptors (Lipinski definition) is 19. The molecule has 0 saturated heterocycles. The quantitative estimate of drug-likeness (QED) is 0.0536. The van der Waals surface area contributed by atoms with Crippen LogP contribution in [0, 0.1) is 0 Å². The highest BCUT2D eigenvalue weighted by Gasteiger charge is 2.26. The molecule has 28 heteroatoms. The molecule has 11 rings (SSSR count). The fourth-order valence-electron chi connectivity index (χ4n) is 9.47. The predicted molar refractivity (Wildman–Crippen MR) is 379 cm³/mol. The van der Waals surface area contributed by atoms with Gasteiger partial charge in [-0.05, 0) is 120 Å². The molecule has 0 spiro atoms. The first-order chi connectivity index (χ1) is 46.1. The average Bonchev–Trinajstić information content (AvgIpc) is 1.43. The van der Waals surface area contributed by atoms with Crippen molar-refractivity contribution in [1.82, 2.24) is 30.6 Å². The van der Waals surface area contributed by atoms with Crippen molar-refractivity contribution in [3.8, 4) is 48.6 Å². The van der Waals surface area contributed by atoms with Gasteiger partial charge >= 0.3 is 0 Å². The number of methoxy groups -OCH3 is 1. The van der Waals surface area contributed by atoms with Crippen LogP contribution < -0.4 is 34.9 Å². The molecule has 0 saturated carbocycles. The summed E-state index contributed by atoms with van der Waals surface area (Å²) < 4.78 is 74.0. The van der Waals surface area contributed by atoms with Gasteiger partial charge in [0.2, 0.25) is 45.5 Å². The van der Waals surface area contributed by atoms with Gasteiger partial charge in [-0.3, -0.25) is 29.1 Å². The van der Waals surface area contributed by atoms with Gasteiger partial charge in [-0.25, -0.2) is 40.7 Å². The number of fused-ring (bicyclic) bond motifs is 1. The van der Waals surface area contributed by atoms with E-state index in [0.29, 0.717) is 89.2 Å². The van der Waals surface area contributed by atoms with Crippen molar-refractivity contribution in [2.45, 2.75) is 74.0 Å². The number of primary sulfonamides is 3. The van der Waals surface area contributed by atoms with Crippen molar-refractivity contribution < 1.29 is 44.4 Å². The van der Waals surface area contributed by atoms with Gasteiger partial charge in [0.15, 0.2) is 0 Å². The second kappa shape index (κ2) is 32.4. The molecule has 0 aliphatic heterocycles. The number of unbranched alkanes of at least 4 members (excludes halogenated alkanes) is 3. The first kappa shape index (κ1) is 70.9. The third-order valence-corrected chi connectivity index (χ3v) is 20.5. The maximum Gasteiger partial charge on any atom is 0.260 e. The fraction of sp³-hybridized carbons (Fsp3) is 0.191. The second-order valence-electron chi connectivity index (χ2n) is 21.5. The molecule has 3 amide bonds. The third kappa shape index (κ3) is 18.3. The Balaban J connectivity index is 0.000000169. The lowest BCUT2D eigenvalue weighted by molar-refractivity contribution is 0.0978. The molecule has 0 bridgehead atoms. The predicted octanol–water partition coefficient (Wildman–Crippen LogP) is 12.7. The van der Waals surface area contributed by atoms with Crippen LogP contribution in [0.3, 0.4) is 0 Å². The minimum absolute atomic E-state index is 0.0220. The molecule has 6 N–H and O–H groups in total. The maximum atomic E-state index is 13.4. The monoisotopic (exact) mass is 1400 g/mol. The maximum absolute atomic E-state index is 13.4. The lowest BCUT2D eigenvalue weighted by Gasteiger charge is -2.19. The number of ether oxygens (including phenoxy) is 1. The van der Waals surface area contributed by atoms with Crippen molar-refractivity contribution >= 4 is 108 Å². The number of hydrogen-bond donors (Lipinski definition) is 3. The van der Waals surface area contributed by atoms with Gasteiger partial charge in [0.05, 0.1) is 21.8 Å².